The monoisotopic (exact) mass is 283 g/mol. The second kappa shape index (κ2) is 7.13. The van der Waals surface area contributed by atoms with Crippen LogP contribution in [0.25, 0.3) is 0 Å². The van der Waals surface area contributed by atoms with Gasteiger partial charge in [-0.25, -0.2) is 0 Å². The van der Waals surface area contributed by atoms with Crippen LogP contribution in [0.5, 0.6) is 5.75 Å². The van der Waals surface area contributed by atoms with E-state index in [1.54, 1.807) is 7.11 Å². The number of methoxy groups -OCH3 is 1. The second-order valence-corrected chi connectivity index (χ2v) is 5.35. The first kappa shape index (κ1) is 14.6. The molecule has 2 unspecified atom stereocenters. The highest BCUT2D eigenvalue weighted by Gasteiger charge is 2.19. The third-order valence-electron chi connectivity index (χ3n) is 3.73. The van der Waals surface area contributed by atoms with Gasteiger partial charge in [-0.15, -0.1) is 0 Å². The molecule has 1 aromatic rings. The topological polar surface area (TPSA) is 30.5 Å². The van der Waals surface area contributed by atoms with E-state index in [2.05, 4.69) is 5.32 Å². The zero-order valence-corrected chi connectivity index (χ0v) is 12.4. The van der Waals surface area contributed by atoms with Crippen molar-refractivity contribution in [1.29, 1.82) is 0 Å². The van der Waals surface area contributed by atoms with Gasteiger partial charge in [0.15, 0.2) is 0 Å². The highest BCUT2D eigenvalue weighted by Crippen LogP contribution is 2.30. The normalized spacial score (nSPS) is 20.5. The van der Waals surface area contributed by atoms with Gasteiger partial charge in [-0.1, -0.05) is 17.7 Å². The highest BCUT2D eigenvalue weighted by atomic mass is 35.5. The van der Waals surface area contributed by atoms with E-state index in [0.717, 1.165) is 35.8 Å². The highest BCUT2D eigenvalue weighted by molar-refractivity contribution is 6.31. The first-order chi connectivity index (χ1) is 9.24. The molecule has 0 bridgehead atoms. The third kappa shape index (κ3) is 3.85. The van der Waals surface area contributed by atoms with Crippen molar-refractivity contribution in [3.05, 3.63) is 28.8 Å². The first-order valence-electron chi connectivity index (χ1n) is 6.87. The van der Waals surface area contributed by atoms with Gasteiger partial charge in [0.25, 0.3) is 0 Å². The maximum Gasteiger partial charge on any atom is 0.120 e. The van der Waals surface area contributed by atoms with Crippen LogP contribution in [0, 0.1) is 0 Å². The Hall–Kier alpha value is -0.770. The van der Waals surface area contributed by atoms with Gasteiger partial charge in [-0.05, 0) is 50.4 Å². The zero-order chi connectivity index (χ0) is 13.7. The molecule has 3 nitrogen and oxygen atoms in total. The molecule has 0 saturated carbocycles. The lowest BCUT2D eigenvalue weighted by molar-refractivity contribution is 0.0998. The minimum Gasteiger partial charge on any atom is -0.497 e. The minimum atomic E-state index is 0.266. The molecule has 1 saturated heterocycles. The standard InChI is InChI=1S/C15H22ClNO2/c1-17-15(8-6-11-4-3-9-19-11)13-7-5-12(18-2)10-14(13)16/h5,7,10-11,15,17H,3-4,6,8-9H2,1-2H3. The first-order valence-corrected chi connectivity index (χ1v) is 7.24. The molecule has 2 rings (SSSR count). The Morgan fingerprint density at radius 3 is 2.95 bits per heavy atom. The van der Waals surface area contributed by atoms with Crippen LogP contribution in [-0.4, -0.2) is 26.9 Å². The van der Waals surface area contributed by atoms with Gasteiger partial charge in [0.2, 0.25) is 0 Å². The van der Waals surface area contributed by atoms with E-state index in [1.807, 2.05) is 25.2 Å². The molecule has 1 heterocycles. The summed E-state index contributed by atoms with van der Waals surface area (Å²) in [4.78, 5) is 0. The third-order valence-corrected chi connectivity index (χ3v) is 4.06. The average molecular weight is 284 g/mol. The molecule has 1 N–H and O–H groups in total. The van der Waals surface area contributed by atoms with Gasteiger partial charge < -0.3 is 14.8 Å². The molecule has 106 valence electrons. The molecular formula is C15H22ClNO2. The zero-order valence-electron chi connectivity index (χ0n) is 11.6. The number of hydrogen-bond acceptors (Lipinski definition) is 3. The summed E-state index contributed by atoms with van der Waals surface area (Å²) >= 11 is 6.33. The Kier molecular flexibility index (Phi) is 5.49. The Balaban J connectivity index is 1.99. The molecule has 0 aliphatic carbocycles. The number of nitrogens with one attached hydrogen (secondary N) is 1. The molecule has 1 fully saturated rings. The van der Waals surface area contributed by atoms with E-state index >= 15 is 0 Å². The molecule has 19 heavy (non-hydrogen) atoms. The predicted molar refractivity (Wildman–Crippen MR) is 78.0 cm³/mol. The van der Waals surface area contributed by atoms with Crippen molar-refractivity contribution in [3.8, 4) is 5.75 Å². The van der Waals surface area contributed by atoms with E-state index in [-0.39, 0.29) is 6.04 Å². The molecule has 0 aromatic heterocycles. The fourth-order valence-corrected chi connectivity index (χ4v) is 2.90. The Morgan fingerprint density at radius 2 is 2.37 bits per heavy atom. The summed E-state index contributed by atoms with van der Waals surface area (Å²) in [6.45, 7) is 0.915. The quantitative estimate of drug-likeness (QED) is 0.866. The number of ether oxygens (including phenoxy) is 2. The van der Waals surface area contributed by atoms with Crippen LogP contribution >= 0.6 is 11.6 Å². The van der Waals surface area contributed by atoms with Crippen molar-refractivity contribution in [2.75, 3.05) is 20.8 Å². The number of benzene rings is 1. The van der Waals surface area contributed by atoms with Gasteiger partial charge in [-0.3, -0.25) is 0 Å². The molecule has 0 amide bonds. The molecule has 4 heteroatoms. The van der Waals surface area contributed by atoms with Crippen LogP contribution in [0.1, 0.15) is 37.3 Å². The minimum absolute atomic E-state index is 0.266. The Morgan fingerprint density at radius 1 is 1.53 bits per heavy atom. The van der Waals surface area contributed by atoms with Crippen molar-refractivity contribution in [3.63, 3.8) is 0 Å². The van der Waals surface area contributed by atoms with Crippen LogP contribution in [0.4, 0.5) is 0 Å². The van der Waals surface area contributed by atoms with Crippen LogP contribution in [0.2, 0.25) is 5.02 Å². The summed E-state index contributed by atoms with van der Waals surface area (Å²) in [6.07, 6.45) is 4.92. The fraction of sp³-hybridized carbons (Fsp3) is 0.600. The Bertz CT molecular complexity index is 405. The summed E-state index contributed by atoms with van der Waals surface area (Å²) in [5.41, 5.74) is 1.13. The summed E-state index contributed by atoms with van der Waals surface area (Å²) < 4.78 is 10.8. The van der Waals surface area contributed by atoms with Gasteiger partial charge in [0.1, 0.15) is 5.75 Å². The van der Waals surface area contributed by atoms with E-state index in [4.69, 9.17) is 21.1 Å². The SMILES string of the molecule is CNC(CCC1CCCO1)c1ccc(OC)cc1Cl. The predicted octanol–water partition coefficient (Wildman–Crippen LogP) is 3.57. The summed E-state index contributed by atoms with van der Waals surface area (Å²) in [6, 6.07) is 6.13. The van der Waals surface area contributed by atoms with Crippen LogP contribution in [-0.2, 0) is 4.74 Å². The van der Waals surface area contributed by atoms with Gasteiger partial charge in [-0.2, -0.15) is 0 Å². The second-order valence-electron chi connectivity index (χ2n) is 4.94. The average Bonchev–Trinajstić information content (AvgIpc) is 2.94. The lowest BCUT2D eigenvalue weighted by Crippen LogP contribution is -2.19. The molecule has 1 aliphatic heterocycles. The summed E-state index contributed by atoms with van der Waals surface area (Å²) in [5.74, 6) is 0.794. The van der Waals surface area contributed by atoms with E-state index in [9.17, 15) is 0 Å². The number of hydrogen-bond donors (Lipinski definition) is 1. The van der Waals surface area contributed by atoms with E-state index in [0.29, 0.717) is 6.10 Å². The molecule has 0 radical (unpaired) electrons. The van der Waals surface area contributed by atoms with Crippen molar-refractivity contribution >= 4 is 11.6 Å². The smallest absolute Gasteiger partial charge is 0.120 e. The van der Waals surface area contributed by atoms with Gasteiger partial charge in [0.05, 0.1) is 13.2 Å². The molecular weight excluding hydrogens is 262 g/mol. The molecule has 2 atom stereocenters. The lowest BCUT2D eigenvalue weighted by Gasteiger charge is -2.20. The van der Waals surface area contributed by atoms with E-state index in [1.165, 1.54) is 12.8 Å². The molecule has 1 aromatic carbocycles. The van der Waals surface area contributed by atoms with Crippen LogP contribution < -0.4 is 10.1 Å². The number of halogens is 1. The molecule has 1 aliphatic rings. The largest absolute Gasteiger partial charge is 0.497 e. The Labute approximate surface area is 120 Å². The number of rotatable bonds is 6. The maximum atomic E-state index is 6.33. The lowest BCUT2D eigenvalue weighted by atomic mass is 9.99. The molecule has 0 spiro atoms. The summed E-state index contributed by atoms with van der Waals surface area (Å²) in [7, 11) is 3.62. The van der Waals surface area contributed by atoms with Crippen molar-refractivity contribution in [2.45, 2.75) is 37.8 Å². The summed E-state index contributed by atoms with van der Waals surface area (Å²) in [5, 5.41) is 4.10. The van der Waals surface area contributed by atoms with Crippen molar-refractivity contribution < 1.29 is 9.47 Å². The van der Waals surface area contributed by atoms with Crippen LogP contribution in [0.3, 0.4) is 0 Å². The van der Waals surface area contributed by atoms with Crippen LogP contribution in [0.15, 0.2) is 18.2 Å². The van der Waals surface area contributed by atoms with Crippen molar-refractivity contribution in [2.24, 2.45) is 0 Å². The fourth-order valence-electron chi connectivity index (χ4n) is 2.60. The van der Waals surface area contributed by atoms with E-state index < -0.39 is 0 Å². The van der Waals surface area contributed by atoms with Gasteiger partial charge >= 0.3 is 0 Å². The maximum absolute atomic E-state index is 6.33. The van der Waals surface area contributed by atoms with Gasteiger partial charge in [0, 0.05) is 17.7 Å². The van der Waals surface area contributed by atoms with Crippen molar-refractivity contribution in [1.82, 2.24) is 5.32 Å².